The Balaban J connectivity index is 1.68. The number of aryl methyl sites for hydroxylation is 1. The first kappa shape index (κ1) is 22.6. The Hall–Kier alpha value is -3.63. The summed E-state index contributed by atoms with van der Waals surface area (Å²) in [4.78, 5) is 31.6. The number of aromatic nitrogens is 5. The van der Waals surface area contributed by atoms with E-state index in [1.54, 1.807) is 48.4 Å². The molecule has 0 aromatic carbocycles. The predicted octanol–water partition coefficient (Wildman–Crippen LogP) is 2.37. The number of nitrogen functional groups attached to an aromatic ring is 1. The molecule has 1 saturated heterocycles. The third-order valence-corrected chi connectivity index (χ3v) is 5.64. The van der Waals surface area contributed by atoms with Crippen molar-refractivity contribution in [2.45, 2.75) is 51.2 Å². The number of carbonyl (C=O) groups excluding carboxylic acids is 2. The zero-order chi connectivity index (χ0) is 23.9. The lowest BCUT2D eigenvalue weighted by atomic mass is 9.90. The van der Waals surface area contributed by atoms with Gasteiger partial charge in [-0.2, -0.15) is 14.7 Å². The third-order valence-electron chi connectivity index (χ3n) is 5.64. The van der Waals surface area contributed by atoms with Crippen LogP contribution in [0.4, 0.5) is 10.6 Å². The highest BCUT2D eigenvalue weighted by atomic mass is 16.6. The molecule has 176 valence electrons. The van der Waals surface area contributed by atoms with Crippen molar-refractivity contribution in [3.63, 3.8) is 0 Å². The van der Waals surface area contributed by atoms with Crippen LogP contribution in [0, 0.1) is 0 Å². The molecule has 4 rings (SSSR count). The van der Waals surface area contributed by atoms with Gasteiger partial charge in [0.25, 0.3) is 0 Å². The van der Waals surface area contributed by atoms with Gasteiger partial charge >= 0.3 is 12.1 Å². The van der Waals surface area contributed by atoms with Crippen LogP contribution in [0.15, 0.2) is 24.7 Å². The van der Waals surface area contributed by atoms with Gasteiger partial charge in [-0.05, 0) is 33.6 Å². The Bertz CT molecular complexity index is 1190. The number of likely N-dealkylation sites (tertiary alicyclic amines) is 1. The second kappa shape index (κ2) is 8.38. The minimum absolute atomic E-state index is 0.137. The molecule has 1 aliphatic rings. The largest absolute Gasteiger partial charge is 0.467 e. The molecule has 33 heavy (non-hydrogen) atoms. The number of carbonyl (C=O) groups is 2. The van der Waals surface area contributed by atoms with Gasteiger partial charge in [0.05, 0.1) is 25.2 Å². The van der Waals surface area contributed by atoms with Gasteiger partial charge in [-0.25, -0.2) is 14.6 Å². The monoisotopic (exact) mass is 455 g/mol. The molecule has 1 aliphatic heterocycles. The summed E-state index contributed by atoms with van der Waals surface area (Å²) in [6, 6.07) is 1.06. The number of fused-ring (bicyclic) bond motifs is 1. The van der Waals surface area contributed by atoms with Crippen LogP contribution in [0.3, 0.4) is 0 Å². The average molecular weight is 456 g/mol. The fourth-order valence-corrected chi connectivity index (χ4v) is 4.09. The van der Waals surface area contributed by atoms with Crippen molar-refractivity contribution >= 4 is 23.5 Å². The van der Waals surface area contributed by atoms with Crippen LogP contribution in [0.5, 0.6) is 0 Å². The summed E-state index contributed by atoms with van der Waals surface area (Å²) >= 11 is 0. The topological polar surface area (TPSA) is 130 Å². The number of esters is 1. The Morgan fingerprint density at radius 2 is 1.94 bits per heavy atom. The first-order chi connectivity index (χ1) is 15.6. The van der Waals surface area contributed by atoms with Crippen LogP contribution in [-0.2, 0) is 21.3 Å². The smallest absolute Gasteiger partial charge is 0.411 e. The molecule has 11 heteroatoms. The van der Waals surface area contributed by atoms with E-state index < -0.39 is 23.7 Å². The molecular weight excluding hydrogens is 426 g/mol. The number of anilines is 1. The number of piperidine rings is 1. The normalized spacial score (nSPS) is 19.0. The van der Waals surface area contributed by atoms with Gasteiger partial charge in [0.1, 0.15) is 17.5 Å². The fraction of sp³-hybridized carbons (Fsp3) is 0.500. The number of amides is 1. The van der Waals surface area contributed by atoms with Gasteiger partial charge in [-0.1, -0.05) is 0 Å². The van der Waals surface area contributed by atoms with Crippen molar-refractivity contribution in [1.82, 2.24) is 29.3 Å². The van der Waals surface area contributed by atoms with Crippen molar-refractivity contribution in [3.05, 3.63) is 30.4 Å². The maximum Gasteiger partial charge on any atom is 0.411 e. The molecule has 0 radical (unpaired) electrons. The first-order valence-corrected chi connectivity index (χ1v) is 10.8. The van der Waals surface area contributed by atoms with Crippen LogP contribution < -0.4 is 5.73 Å². The van der Waals surface area contributed by atoms with Crippen LogP contribution in [0.2, 0.25) is 0 Å². The molecule has 1 fully saturated rings. The molecule has 3 aromatic heterocycles. The van der Waals surface area contributed by atoms with Gasteiger partial charge < -0.3 is 15.2 Å². The number of rotatable bonds is 3. The fourth-order valence-electron chi connectivity index (χ4n) is 4.09. The highest BCUT2D eigenvalue weighted by Crippen LogP contribution is 2.33. The summed E-state index contributed by atoms with van der Waals surface area (Å²) in [6.45, 7) is 5.62. The van der Waals surface area contributed by atoms with Crippen molar-refractivity contribution in [3.8, 4) is 11.1 Å². The van der Waals surface area contributed by atoms with E-state index in [1.807, 2.05) is 13.2 Å². The predicted molar refractivity (Wildman–Crippen MR) is 120 cm³/mol. The third kappa shape index (κ3) is 4.48. The number of hydrogen-bond donors (Lipinski definition) is 1. The van der Waals surface area contributed by atoms with E-state index in [4.69, 9.17) is 20.2 Å². The average Bonchev–Trinajstić information content (AvgIpc) is 3.37. The highest BCUT2D eigenvalue weighted by molar-refractivity contribution is 5.82. The Kier molecular flexibility index (Phi) is 5.73. The van der Waals surface area contributed by atoms with Gasteiger partial charge in [0.15, 0.2) is 5.65 Å². The molecule has 0 saturated carbocycles. The lowest BCUT2D eigenvalue weighted by Crippen LogP contribution is -2.52. The van der Waals surface area contributed by atoms with Gasteiger partial charge in [-0.15, -0.1) is 0 Å². The molecule has 2 atom stereocenters. The molecule has 1 amide bonds. The van der Waals surface area contributed by atoms with E-state index in [9.17, 15) is 9.59 Å². The molecular formula is C22H29N7O4. The van der Waals surface area contributed by atoms with Crippen LogP contribution in [0.1, 0.15) is 45.2 Å². The van der Waals surface area contributed by atoms with E-state index in [0.717, 1.165) is 16.8 Å². The Morgan fingerprint density at radius 3 is 2.58 bits per heavy atom. The number of hydrogen-bond acceptors (Lipinski definition) is 8. The molecule has 11 nitrogen and oxygen atoms in total. The lowest BCUT2D eigenvalue weighted by molar-refractivity contribution is -0.148. The first-order valence-electron chi connectivity index (χ1n) is 10.8. The number of ether oxygens (including phenoxy) is 2. The lowest BCUT2D eigenvalue weighted by Gasteiger charge is -2.38. The van der Waals surface area contributed by atoms with Crippen LogP contribution >= 0.6 is 0 Å². The van der Waals surface area contributed by atoms with E-state index in [0.29, 0.717) is 24.3 Å². The van der Waals surface area contributed by atoms with Gasteiger partial charge in [0, 0.05) is 42.9 Å². The van der Waals surface area contributed by atoms with Crippen molar-refractivity contribution in [1.29, 1.82) is 0 Å². The van der Waals surface area contributed by atoms with Crippen LogP contribution in [0.25, 0.3) is 16.8 Å². The highest BCUT2D eigenvalue weighted by Gasteiger charge is 2.39. The summed E-state index contributed by atoms with van der Waals surface area (Å²) < 4.78 is 13.8. The number of nitrogens with two attached hydrogens (primary N) is 1. The Morgan fingerprint density at radius 1 is 1.18 bits per heavy atom. The quantitative estimate of drug-likeness (QED) is 0.596. The molecule has 3 aromatic rings. The molecule has 0 spiro atoms. The van der Waals surface area contributed by atoms with E-state index in [1.165, 1.54) is 12.0 Å². The van der Waals surface area contributed by atoms with Crippen molar-refractivity contribution in [2.24, 2.45) is 7.05 Å². The summed E-state index contributed by atoms with van der Waals surface area (Å²) in [6.07, 6.45) is 5.84. The van der Waals surface area contributed by atoms with Gasteiger partial charge in [-0.3, -0.25) is 9.58 Å². The summed E-state index contributed by atoms with van der Waals surface area (Å²) in [5.41, 5.74) is 8.62. The maximum atomic E-state index is 12.9. The zero-order valence-electron chi connectivity index (χ0n) is 19.5. The number of nitrogens with zero attached hydrogens (tertiary/aromatic N) is 6. The van der Waals surface area contributed by atoms with Gasteiger partial charge in [0.2, 0.25) is 0 Å². The minimum atomic E-state index is -0.705. The molecule has 0 bridgehead atoms. The van der Waals surface area contributed by atoms with E-state index in [2.05, 4.69) is 10.2 Å². The maximum absolute atomic E-state index is 12.9. The Labute approximate surface area is 191 Å². The molecule has 0 unspecified atom stereocenters. The number of methoxy groups -OCH3 is 1. The molecule has 4 heterocycles. The second-order valence-electron chi connectivity index (χ2n) is 9.25. The van der Waals surface area contributed by atoms with Crippen molar-refractivity contribution in [2.75, 3.05) is 19.4 Å². The second-order valence-corrected chi connectivity index (χ2v) is 9.25. The minimum Gasteiger partial charge on any atom is -0.467 e. The van der Waals surface area contributed by atoms with Crippen LogP contribution in [-0.4, -0.2) is 66.6 Å². The van der Waals surface area contributed by atoms with E-state index >= 15 is 0 Å². The van der Waals surface area contributed by atoms with Crippen molar-refractivity contribution < 1.29 is 19.1 Å². The summed E-state index contributed by atoms with van der Waals surface area (Å²) in [7, 11) is 3.16. The summed E-state index contributed by atoms with van der Waals surface area (Å²) in [5.74, 6) is -0.164. The standard InChI is InChI=1S/C22H29N7O4/c1-22(2,3)33-21(31)28-12-13(6-7-17(28)20(30)32-5)16-8-18(23)29-19(26-16)15(10-25-29)14-9-24-27(4)11-14/h8-11,13,17H,6-7,12,23H2,1-5H3/t13-,17-/m0/s1. The zero-order valence-corrected chi connectivity index (χ0v) is 19.5. The molecule has 0 aliphatic carbocycles. The van der Waals surface area contributed by atoms with E-state index in [-0.39, 0.29) is 12.5 Å². The SMILES string of the molecule is COC(=O)[C@@H]1CC[C@H](c2cc(N)n3ncc(-c4cnn(C)c4)c3n2)CN1C(=O)OC(C)(C)C. The summed E-state index contributed by atoms with van der Waals surface area (Å²) in [5, 5.41) is 8.59. The molecule has 2 N–H and O–H groups in total.